The van der Waals surface area contributed by atoms with E-state index in [1.807, 2.05) is 30.3 Å². The van der Waals surface area contributed by atoms with E-state index in [1.54, 1.807) is 11.3 Å². The lowest BCUT2D eigenvalue weighted by molar-refractivity contribution is 0.666. The van der Waals surface area contributed by atoms with Crippen molar-refractivity contribution >= 4 is 114 Å². The van der Waals surface area contributed by atoms with Gasteiger partial charge in [-0.3, -0.25) is 0 Å². The van der Waals surface area contributed by atoms with Crippen LogP contribution in [-0.4, -0.2) is 0 Å². The van der Waals surface area contributed by atoms with Gasteiger partial charge in [-0.2, -0.15) is 0 Å². The summed E-state index contributed by atoms with van der Waals surface area (Å²) < 4.78 is 22.6. The standard InChI is InChI=1S/C42H23NO3S/c1-5-19-33-24(11-1)26-15-9-17-30(40(26)44-33)43(31-18-10-16-27-25-12-2-6-20-34(25)45-41(27)31)32-23-37-39(29-14-4-8-22-36(29)47-37)42-38(32)28-13-3-7-21-35(28)46-42/h1-23H. The Bertz CT molecular complexity index is 2930. The Balaban J connectivity index is 1.35. The fourth-order valence-electron chi connectivity index (χ4n) is 7.45. The molecule has 220 valence electrons. The number of anilines is 3. The number of fused-ring (bicyclic) bond motifs is 13. The lowest BCUT2D eigenvalue weighted by Crippen LogP contribution is -2.11. The van der Waals surface area contributed by atoms with E-state index in [1.165, 1.54) is 10.1 Å². The Kier molecular flexibility index (Phi) is 4.96. The molecule has 4 heterocycles. The summed E-state index contributed by atoms with van der Waals surface area (Å²) in [5.74, 6) is 0. The molecule has 0 fully saturated rings. The average Bonchev–Trinajstić information content (AvgIpc) is 3.88. The summed E-state index contributed by atoms with van der Waals surface area (Å²) in [5.41, 5.74) is 7.96. The SMILES string of the molecule is c1ccc2c(c1)oc1c(N(c3cccc4c3oc3ccccc34)c3cc4sc5ccccc5c4c4oc5ccccc5c34)cccc12. The van der Waals surface area contributed by atoms with Gasteiger partial charge >= 0.3 is 0 Å². The molecule has 0 N–H and O–H groups in total. The van der Waals surface area contributed by atoms with Gasteiger partial charge in [0.05, 0.1) is 22.4 Å². The van der Waals surface area contributed by atoms with Crippen molar-refractivity contribution in [2.45, 2.75) is 0 Å². The normalized spacial score (nSPS) is 12.3. The Hall–Kier alpha value is -6.04. The second-order valence-corrected chi connectivity index (χ2v) is 13.1. The first-order valence-electron chi connectivity index (χ1n) is 15.7. The molecule has 0 aliphatic rings. The van der Waals surface area contributed by atoms with Crippen LogP contribution < -0.4 is 4.90 Å². The van der Waals surface area contributed by atoms with Gasteiger partial charge in [-0.1, -0.05) is 97.1 Å². The molecule has 0 radical (unpaired) electrons. The van der Waals surface area contributed by atoms with E-state index in [4.69, 9.17) is 13.3 Å². The van der Waals surface area contributed by atoms with Gasteiger partial charge in [-0.15, -0.1) is 11.3 Å². The fraction of sp³-hybridized carbons (Fsp3) is 0. The van der Waals surface area contributed by atoms with Crippen molar-refractivity contribution in [1.82, 2.24) is 0 Å². The zero-order chi connectivity index (χ0) is 30.6. The summed E-state index contributed by atoms with van der Waals surface area (Å²) in [6, 6.07) is 48.6. The maximum absolute atomic E-state index is 6.80. The van der Waals surface area contributed by atoms with Crippen molar-refractivity contribution in [2.24, 2.45) is 0 Å². The minimum atomic E-state index is 0.819. The van der Waals surface area contributed by atoms with Gasteiger partial charge in [0.15, 0.2) is 11.2 Å². The molecule has 0 aliphatic carbocycles. The van der Waals surface area contributed by atoms with Crippen LogP contribution in [0.5, 0.6) is 0 Å². The predicted molar refractivity (Wildman–Crippen MR) is 196 cm³/mol. The molecule has 0 spiro atoms. The van der Waals surface area contributed by atoms with E-state index in [0.717, 1.165) is 93.0 Å². The van der Waals surface area contributed by atoms with Crippen molar-refractivity contribution in [3.8, 4) is 0 Å². The van der Waals surface area contributed by atoms with Gasteiger partial charge in [0.1, 0.15) is 22.3 Å². The number of rotatable bonds is 3. The molecule has 0 saturated heterocycles. The van der Waals surface area contributed by atoms with Crippen LogP contribution in [0.15, 0.2) is 153 Å². The molecule has 0 unspecified atom stereocenters. The molecule has 0 atom stereocenters. The van der Waals surface area contributed by atoms with E-state index in [-0.39, 0.29) is 0 Å². The highest BCUT2D eigenvalue weighted by Gasteiger charge is 2.28. The quantitative estimate of drug-likeness (QED) is 0.197. The van der Waals surface area contributed by atoms with E-state index >= 15 is 0 Å². The summed E-state index contributed by atoms with van der Waals surface area (Å²) in [7, 11) is 0. The summed E-state index contributed by atoms with van der Waals surface area (Å²) in [4.78, 5) is 2.32. The minimum absolute atomic E-state index is 0.819. The Morgan fingerprint density at radius 3 is 1.49 bits per heavy atom. The fourth-order valence-corrected chi connectivity index (χ4v) is 8.59. The van der Waals surface area contributed by atoms with Crippen molar-refractivity contribution in [3.63, 3.8) is 0 Å². The van der Waals surface area contributed by atoms with E-state index < -0.39 is 0 Å². The van der Waals surface area contributed by atoms with Crippen LogP contribution in [0.1, 0.15) is 0 Å². The number of para-hydroxylation sites is 5. The van der Waals surface area contributed by atoms with Crippen molar-refractivity contribution in [1.29, 1.82) is 0 Å². The first-order chi connectivity index (χ1) is 23.3. The molecule has 0 bridgehead atoms. The summed E-state index contributed by atoms with van der Waals surface area (Å²) in [6.07, 6.45) is 0. The van der Waals surface area contributed by atoms with Crippen LogP contribution in [0.2, 0.25) is 0 Å². The van der Waals surface area contributed by atoms with Gasteiger partial charge in [0.25, 0.3) is 0 Å². The number of hydrogen-bond donors (Lipinski definition) is 0. The lowest BCUT2D eigenvalue weighted by atomic mass is 10.0. The zero-order valence-electron chi connectivity index (χ0n) is 24.9. The highest BCUT2D eigenvalue weighted by atomic mass is 32.1. The Morgan fingerprint density at radius 1 is 0.362 bits per heavy atom. The number of nitrogens with zero attached hydrogens (tertiary/aromatic N) is 1. The maximum Gasteiger partial charge on any atom is 0.159 e. The third-order valence-corrected chi connectivity index (χ3v) is 10.6. The van der Waals surface area contributed by atoms with Crippen LogP contribution in [0.25, 0.3) is 86.0 Å². The number of benzene rings is 7. The Labute approximate surface area is 271 Å². The number of hydrogen-bond acceptors (Lipinski definition) is 5. The number of thiophene rings is 1. The van der Waals surface area contributed by atoms with Crippen molar-refractivity contribution < 1.29 is 13.3 Å². The summed E-state index contributed by atoms with van der Waals surface area (Å²) >= 11 is 1.79. The van der Waals surface area contributed by atoms with Gasteiger partial charge in [0, 0.05) is 47.1 Å². The highest BCUT2D eigenvalue weighted by molar-refractivity contribution is 7.26. The molecular weight excluding hydrogens is 599 g/mol. The van der Waals surface area contributed by atoms with E-state index in [9.17, 15) is 0 Å². The third kappa shape index (κ3) is 3.41. The van der Waals surface area contributed by atoms with Crippen LogP contribution in [0.4, 0.5) is 17.1 Å². The topological polar surface area (TPSA) is 42.7 Å². The summed E-state index contributed by atoms with van der Waals surface area (Å²) in [6.45, 7) is 0. The molecule has 0 aliphatic heterocycles. The molecule has 0 saturated carbocycles. The largest absolute Gasteiger partial charge is 0.455 e. The monoisotopic (exact) mass is 621 g/mol. The molecule has 0 amide bonds. The number of furan rings is 3. The average molecular weight is 622 g/mol. The first-order valence-corrected chi connectivity index (χ1v) is 16.5. The molecule has 11 aromatic rings. The Morgan fingerprint density at radius 2 is 0.851 bits per heavy atom. The molecule has 5 heteroatoms. The van der Waals surface area contributed by atoms with Gasteiger partial charge in [0.2, 0.25) is 0 Å². The van der Waals surface area contributed by atoms with Crippen LogP contribution in [0.3, 0.4) is 0 Å². The van der Waals surface area contributed by atoms with Crippen LogP contribution in [0, 0.1) is 0 Å². The lowest BCUT2D eigenvalue weighted by Gasteiger charge is -2.26. The summed E-state index contributed by atoms with van der Waals surface area (Å²) in [5, 5.41) is 8.77. The molecule has 4 aromatic heterocycles. The molecule has 47 heavy (non-hydrogen) atoms. The predicted octanol–water partition coefficient (Wildman–Crippen LogP) is 13.2. The molecule has 7 aromatic carbocycles. The van der Waals surface area contributed by atoms with Gasteiger partial charge in [-0.25, -0.2) is 0 Å². The first kappa shape index (κ1) is 25.2. The molecule has 4 nitrogen and oxygen atoms in total. The molecule has 11 rings (SSSR count). The van der Waals surface area contributed by atoms with Crippen molar-refractivity contribution in [2.75, 3.05) is 4.90 Å². The smallest absolute Gasteiger partial charge is 0.159 e. The molecular formula is C42H23NO3S. The second-order valence-electron chi connectivity index (χ2n) is 12.0. The van der Waals surface area contributed by atoms with Crippen LogP contribution >= 0.6 is 11.3 Å². The van der Waals surface area contributed by atoms with Crippen molar-refractivity contribution in [3.05, 3.63) is 140 Å². The maximum atomic E-state index is 6.80. The third-order valence-electron chi connectivity index (χ3n) is 9.46. The van der Waals surface area contributed by atoms with E-state index in [2.05, 4.69) is 114 Å². The van der Waals surface area contributed by atoms with Gasteiger partial charge < -0.3 is 18.2 Å². The van der Waals surface area contributed by atoms with Gasteiger partial charge in [-0.05, 0) is 42.5 Å². The van der Waals surface area contributed by atoms with Crippen LogP contribution in [-0.2, 0) is 0 Å². The highest BCUT2D eigenvalue weighted by Crippen LogP contribution is 2.52. The minimum Gasteiger partial charge on any atom is -0.455 e. The zero-order valence-corrected chi connectivity index (χ0v) is 25.7. The van der Waals surface area contributed by atoms with E-state index in [0.29, 0.717) is 0 Å². The second kappa shape index (κ2) is 9.25.